The Bertz CT molecular complexity index is 2760. The van der Waals surface area contributed by atoms with Gasteiger partial charge in [0, 0.05) is 0 Å². The van der Waals surface area contributed by atoms with Crippen LogP contribution in [0, 0.1) is 50.2 Å². The Labute approximate surface area is 547 Å². The molecule has 11 rings (SSSR count). The average Bonchev–Trinajstić information content (AvgIpc) is 0.645. The lowest BCUT2D eigenvalue weighted by Crippen LogP contribution is -2.69. The molecule has 6 aliphatic heterocycles. The minimum Gasteiger partial charge on any atom is -0.479 e. The van der Waals surface area contributed by atoms with Crippen LogP contribution < -0.4 is 0 Å². The number of carboxylic acids is 1. The number of rotatable bonds is 15. The van der Waals surface area contributed by atoms with Crippen LogP contribution in [0.3, 0.4) is 0 Å². The van der Waals surface area contributed by atoms with E-state index >= 15 is 4.79 Å². The van der Waals surface area contributed by atoms with Crippen LogP contribution in [0.5, 0.6) is 0 Å². The highest BCUT2D eigenvalue weighted by molar-refractivity contribution is 5.80. The summed E-state index contributed by atoms with van der Waals surface area (Å²) in [5.41, 5.74) is -4.36. The van der Waals surface area contributed by atoms with Gasteiger partial charge in [-0.3, -0.25) is 4.79 Å². The summed E-state index contributed by atoms with van der Waals surface area (Å²) in [4.78, 5) is 41.9. The zero-order valence-corrected chi connectivity index (χ0v) is 54.0. The maximum Gasteiger partial charge on any atom is 0.335 e. The van der Waals surface area contributed by atoms with Gasteiger partial charge in [0.15, 0.2) is 43.7 Å². The molecule has 17 N–H and O–H groups in total. The molecule has 0 bridgehead atoms. The zero-order valence-electron chi connectivity index (χ0n) is 54.0. The number of esters is 1. The molecule has 0 amide bonds. The number of allylic oxidation sites excluding steroid dienone is 2. The van der Waals surface area contributed by atoms with Crippen LogP contribution >= 0.6 is 0 Å². The first-order valence-electron chi connectivity index (χ1n) is 33.0. The Morgan fingerprint density at radius 3 is 1.77 bits per heavy atom. The molecule has 5 aliphatic carbocycles. The van der Waals surface area contributed by atoms with E-state index < -0.39 is 255 Å². The molecule has 6 saturated heterocycles. The fraction of sp³-hybridized carbons (Fsp3) is 0.921. The van der Waals surface area contributed by atoms with Crippen LogP contribution in [0.15, 0.2) is 11.6 Å². The summed E-state index contributed by atoms with van der Waals surface area (Å²) in [5.74, 6) is -3.73. The van der Waals surface area contributed by atoms with Gasteiger partial charge in [-0.2, -0.15) is 0 Å². The molecular formula is C63H98O32. The lowest BCUT2D eigenvalue weighted by Gasteiger charge is -2.71. The first-order valence-corrected chi connectivity index (χ1v) is 33.0. The van der Waals surface area contributed by atoms with Crippen molar-refractivity contribution in [1.82, 2.24) is 0 Å². The highest BCUT2D eigenvalue weighted by Crippen LogP contribution is 2.76. The molecule has 10 fully saturated rings. The summed E-state index contributed by atoms with van der Waals surface area (Å²) >= 11 is 0. The minimum atomic E-state index is -2.11. The van der Waals surface area contributed by atoms with E-state index in [2.05, 4.69) is 40.7 Å². The summed E-state index contributed by atoms with van der Waals surface area (Å²) in [6.45, 7) is 11.4. The van der Waals surface area contributed by atoms with E-state index in [1.807, 2.05) is 0 Å². The quantitative estimate of drug-likeness (QED) is 0.0315. The van der Waals surface area contributed by atoms with Gasteiger partial charge in [0.1, 0.15) is 122 Å². The van der Waals surface area contributed by atoms with Crippen LogP contribution in [0.25, 0.3) is 0 Å². The Hall–Kier alpha value is -2.73. The maximum atomic E-state index is 15.5. The summed E-state index contributed by atoms with van der Waals surface area (Å²) in [7, 11) is 0. The van der Waals surface area contributed by atoms with Crippen molar-refractivity contribution < 1.29 is 158 Å². The lowest BCUT2D eigenvalue weighted by molar-refractivity contribution is -0.375. The highest BCUT2D eigenvalue weighted by atomic mass is 16.8. The van der Waals surface area contributed by atoms with Crippen molar-refractivity contribution in [2.24, 2.45) is 50.2 Å². The summed E-state index contributed by atoms with van der Waals surface area (Å²) in [6, 6.07) is 0. The monoisotopic (exact) mass is 1370 g/mol. The Morgan fingerprint density at radius 1 is 0.547 bits per heavy atom. The van der Waals surface area contributed by atoms with Gasteiger partial charge >= 0.3 is 11.9 Å². The number of aldehydes is 1. The Kier molecular flexibility index (Phi) is 21.1. The van der Waals surface area contributed by atoms with Gasteiger partial charge in [-0.15, -0.1) is 0 Å². The lowest BCUT2D eigenvalue weighted by atomic mass is 9.33. The van der Waals surface area contributed by atoms with Gasteiger partial charge in [-0.1, -0.05) is 53.2 Å². The van der Waals surface area contributed by atoms with Crippen molar-refractivity contribution in [3.63, 3.8) is 0 Å². The van der Waals surface area contributed by atoms with E-state index in [1.165, 1.54) is 6.92 Å². The van der Waals surface area contributed by atoms with E-state index in [1.54, 1.807) is 6.92 Å². The topological polar surface area (TPSA) is 506 Å². The molecule has 542 valence electrons. The summed E-state index contributed by atoms with van der Waals surface area (Å²) < 4.78 is 70.5. The average molecular weight is 1370 g/mol. The summed E-state index contributed by atoms with van der Waals surface area (Å²) in [5, 5.41) is 186. The third-order valence-corrected chi connectivity index (χ3v) is 24.4. The fourth-order valence-electron chi connectivity index (χ4n) is 18.5. The number of carbonyl (C=O) groups excluding carboxylic acids is 2. The number of ether oxygens (including phenoxy) is 12. The van der Waals surface area contributed by atoms with Gasteiger partial charge in [0.25, 0.3) is 0 Å². The van der Waals surface area contributed by atoms with Crippen LogP contribution in [0.2, 0.25) is 0 Å². The summed E-state index contributed by atoms with van der Waals surface area (Å²) in [6.07, 6.45) is -43.6. The standard InChI is InChI=1S/C63H98O32/c1-23-45(90-52-44(80)46(28(68)21-85-52)91-51-41(77)34(70)26(66)19-84-51)40(76)43(79)53(87-23)93-48-35(71)27(67)20-86-55(48)95-57(83)63-15-14-58(2,3)16-25(63)24-8-9-31-59(4)12-11-33(60(5,22-65)30(59)10-13-61(31,6)62(24,7)17-32(63)69)89-56-49(39(75)38(74)47(92-56)50(81)82)94-54-42(78)37(73)36(72)29(18-64)88-54/h8,22-23,25-49,51-56,64,66-80H,9-21H2,1-7H3,(H,81,82)/t23-,25-,26+,27-,28-,29+,30+,31+,32+,33-,34+,35-,36+,37+,38+,39-,40-,41-,42-,43-,44-,45-,46-,47+,48+,49+,51+,52+,53+,54+,55-,56+,59+,60+,61-,62+,63+/m1/s1. The zero-order chi connectivity index (χ0) is 69.3. The molecule has 0 aromatic heterocycles. The predicted molar refractivity (Wildman–Crippen MR) is 311 cm³/mol. The third kappa shape index (κ3) is 12.4. The number of carbonyl (C=O) groups is 3. The predicted octanol–water partition coefficient (Wildman–Crippen LogP) is -5.20. The second-order valence-electron chi connectivity index (χ2n) is 30.3. The van der Waals surface area contributed by atoms with Crippen molar-refractivity contribution >= 4 is 18.2 Å². The van der Waals surface area contributed by atoms with Gasteiger partial charge in [0.2, 0.25) is 6.29 Å². The van der Waals surface area contributed by atoms with Crippen molar-refractivity contribution in [3.05, 3.63) is 11.6 Å². The molecule has 11 aliphatic rings. The molecule has 4 saturated carbocycles. The van der Waals surface area contributed by atoms with E-state index in [0.717, 1.165) is 11.9 Å². The number of aliphatic hydroxyl groups is 16. The number of hydrogen-bond acceptors (Lipinski definition) is 31. The molecular weight excluding hydrogens is 1270 g/mol. The van der Waals surface area contributed by atoms with Crippen LogP contribution in [-0.2, 0) is 71.2 Å². The Morgan fingerprint density at radius 2 is 1.12 bits per heavy atom. The first-order chi connectivity index (χ1) is 44.5. The maximum absolute atomic E-state index is 15.5. The Balaban J connectivity index is 0.801. The molecule has 32 heteroatoms. The number of hydrogen-bond donors (Lipinski definition) is 17. The van der Waals surface area contributed by atoms with Gasteiger partial charge in [-0.25, -0.2) is 4.79 Å². The van der Waals surface area contributed by atoms with Gasteiger partial charge < -0.3 is 148 Å². The van der Waals surface area contributed by atoms with Crippen LogP contribution in [0.4, 0.5) is 0 Å². The van der Waals surface area contributed by atoms with Crippen molar-refractivity contribution in [3.8, 4) is 0 Å². The number of aliphatic carboxylic acids is 1. The van der Waals surface area contributed by atoms with Crippen LogP contribution in [-0.4, -0.2) is 310 Å². The third-order valence-electron chi connectivity index (χ3n) is 24.4. The van der Waals surface area contributed by atoms with Crippen LogP contribution in [0.1, 0.15) is 106 Å². The first kappa shape index (κ1) is 73.5. The molecule has 0 unspecified atom stereocenters. The molecule has 95 heavy (non-hydrogen) atoms. The largest absolute Gasteiger partial charge is 0.479 e. The second kappa shape index (κ2) is 27.2. The normalized spacial score (nSPS) is 54.7. The van der Waals surface area contributed by atoms with Gasteiger partial charge in [-0.05, 0) is 104 Å². The second-order valence-corrected chi connectivity index (χ2v) is 30.3. The van der Waals surface area contributed by atoms with E-state index in [0.29, 0.717) is 38.5 Å². The SMILES string of the molecule is C[C@H]1O[C@@H](O[C@@H]2[C@@H](OC(=O)[C@@]34CCC(C)(C)C[C@@H]3C3=CC[C@H]5[C@@]6(C)CC[C@@H](O[C@H]7O[C@H](C(=O)O)[C@@H](O)[C@@H](O)[C@@H]7O[C@@H]7O[C@@H](CO)[C@H](O)[C@H](O)[C@H]7O)[C@@](C)(C=O)[C@H]6CC[C@@]5(C)[C@@]3(C)C[C@@H]4O)OC[C@@H](O)[C@H]2O)[C@H](O)[C@@H](O)[C@@H]1O[C@@H]1OC[C@@H](O)[C@@H](O[C@@H]2OC[C@H](O)[C@H](O)[C@H]2O)[C@H]1O. The number of fused-ring (bicyclic) bond motifs is 7. The van der Waals surface area contributed by atoms with E-state index in [9.17, 15) is 96.4 Å². The van der Waals surface area contributed by atoms with Crippen molar-refractivity contribution in [1.29, 1.82) is 0 Å². The van der Waals surface area contributed by atoms with Crippen molar-refractivity contribution in [2.75, 3.05) is 26.4 Å². The van der Waals surface area contributed by atoms with Crippen molar-refractivity contribution in [2.45, 2.75) is 284 Å². The molecule has 37 atom stereocenters. The number of aliphatic hydroxyl groups excluding tert-OH is 16. The minimum absolute atomic E-state index is 0.0847. The molecule has 0 spiro atoms. The fourth-order valence-corrected chi connectivity index (χ4v) is 18.5. The molecule has 0 aromatic carbocycles. The molecule has 6 heterocycles. The number of carboxylic acid groups (broad SMARTS) is 1. The van der Waals surface area contributed by atoms with Gasteiger partial charge in [0.05, 0.1) is 50.2 Å². The highest BCUT2D eigenvalue weighted by Gasteiger charge is 2.73. The molecule has 32 nitrogen and oxygen atoms in total. The van der Waals surface area contributed by atoms with E-state index in [4.69, 9.17) is 56.8 Å². The molecule has 0 radical (unpaired) electrons. The molecule has 0 aromatic rings. The van der Waals surface area contributed by atoms with E-state index in [-0.39, 0.29) is 30.6 Å². The smallest absolute Gasteiger partial charge is 0.335 e.